The number of Topliss-reactive ketones (excluding diaryl/α,β-unsaturated/α-hetero) is 1. The average Bonchev–Trinajstić information content (AvgIpc) is 2.09. The summed E-state index contributed by atoms with van der Waals surface area (Å²) >= 11 is 0. The molecule has 0 radical (unpaired) electrons. The van der Waals surface area contributed by atoms with Crippen molar-refractivity contribution in [2.75, 3.05) is 21.1 Å². The molecule has 0 amide bonds. The van der Waals surface area contributed by atoms with E-state index >= 15 is 0 Å². The molecule has 0 spiro atoms. The second-order valence-electron chi connectivity index (χ2n) is 4.79. The molecule has 0 aliphatic heterocycles. The Bertz CT molecular complexity index is 348. The molecule has 0 fully saturated rings. The van der Waals surface area contributed by atoms with E-state index in [0.717, 1.165) is 0 Å². The van der Waals surface area contributed by atoms with Crippen molar-refractivity contribution in [2.24, 2.45) is 0 Å². The maximum absolute atomic E-state index is 11.9. The Hall–Kier alpha value is -0.940. The van der Waals surface area contributed by atoms with Crippen LogP contribution < -0.4 is 0 Å². The smallest absolute Gasteiger partial charge is 0.307 e. The molecule has 0 aromatic rings. The van der Waals surface area contributed by atoms with Crippen molar-refractivity contribution < 1.29 is 28.4 Å². The van der Waals surface area contributed by atoms with Crippen LogP contribution in [0.3, 0.4) is 0 Å². The monoisotopic (exact) mass is 235 g/mol. The van der Waals surface area contributed by atoms with E-state index in [9.17, 15) is 14.7 Å². The predicted molar refractivity (Wildman–Crippen MR) is 60.0 cm³/mol. The lowest BCUT2D eigenvalue weighted by Gasteiger charge is -2.40. The number of rotatable bonds is 6. The summed E-state index contributed by atoms with van der Waals surface area (Å²) in [6.07, 6.45) is -1.05. The van der Waals surface area contributed by atoms with E-state index in [1.54, 1.807) is 0 Å². The number of nitrogens with zero attached hydrogens (tertiary/aromatic N) is 1. The third-order valence-corrected chi connectivity index (χ3v) is 2.45. The Morgan fingerprint density at radius 3 is 2.19 bits per heavy atom. The number of aliphatic hydroxyl groups is 1. The molecule has 5 nitrogen and oxygen atoms in total. The average molecular weight is 235 g/mol. The number of quaternary nitrogens is 1. The Morgan fingerprint density at radius 1 is 1.44 bits per heavy atom. The molecular weight excluding hydrogens is 210 g/mol. The first kappa shape index (κ1) is 10.2. The zero-order valence-corrected chi connectivity index (χ0v) is 10.1. The highest BCUT2D eigenvalue weighted by Crippen LogP contribution is 2.25. The van der Waals surface area contributed by atoms with Gasteiger partial charge in [-0.1, -0.05) is 6.92 Å². The molecule has 0 aromatic carbocycles. The van der Waals surface area contributed by atoms with Crippen molar-refractivity contribution >= 4 is 11.8 Å². The van der Waals surface area contributed by atoms with Crippen LogP contribution in [-0.4, -0.2) is 59.2 Å². The Morgan fingerprint density at radius 2 is 1.94 bits per heavy atom. The number of hydrogen-bond donors (Lipinski definition) is 2. The molecule has 16 heavy (non-hydrogen) atoms. The van der Waals surface area contributed by atoms with E-state index in [0.29, 0.717) is 0 Å². The fourth-order valence-corrected chi connectivity index (χ4v) is 1.53. The fraction of sp³-hybridized carbons (Fsp3) is 0.818. The van der Waals surface area contributed by atoms with Gasteiger partial charge < -0.3 is 14.7 Å². The second-order valence-corrected chi connectivity index (χ2v) is 4.79. The van der Waals surface area contributed by atoms with Crippen molar-refractivity contribution in [3.8, 4) is 0 Å². The van der Waals surface area contributed by atoms with Gasteiger partial charge in [0.2, 0.25) is 0 Å². The molecule has 2 unspecified atom stereocenters. The fourth-order valence-electron chi connectivity index (χ4n) is 1.53. The maximum atomic E-state index is 11.9. The number of carbonyl (C=O) groups excluding carboxylic acids is 1. The van der Waals surface area contributed by atoms with Crippen LogP contribution >= 0.6 is 0 Å². The molecule has 0 aliphatic carbocycles. The van der Waals surface area contributed by atoms with Crippen molar-refractivity contribution in [1.82, 2.24) is 0 Å². The molecular formula is C11H22NO4+. The number of aliphatic carboxylic acids is 1. The van der Waals surface area contributed by atoms with Gasteiger partial charge >= 0.3 is 5.97 Å². The van der Waals surface area contributed by atoms with E-state index < -0.39 is 36.7 Å². The Kier molecular flexibility index (Phi) is 3.15. The summed E-state index contributed by atoms with van der Waals surface area (Å²) in [7, 11) is 4.52. The molecule has 0 saturated heterocycles. The van der Waals surface area contributed by atoms with E-state index in [1.165, 1.54) is 28.1 Å². The van der Waals surface area contributed by atoms with Gasteiger partial charge in [0.1, 0.15) is 6.04 Å². The SMILES string of the molecule is [2H]C([2H])([2H])C(C(O)(CC(=O)O)C(=O)CC)[N+](C)(C)C. The van der Waals surface area contributed by atoms with Crippen molar-refractivity contribution in [3.63, 3.8) is 0 Å². The number of hydrogen-bond acceptors (Lipinski definition) is 3. The van der Waals surface area contributed by atoms with Gasteiger partial charge in [-0.25, -0.2) is 0 Å². The molecule has 0 bridgehead atoms. The van der Waals surface area contributed by atoms with Crippen molar-refractivity contribution in [3.05, 3.63) is 0 Å². The zero-order valence-electron chi connectivity index (χ0n) is 13.1. The molecule has 0 aliphatic rings. The van der Waals surface area contributed by atoms with Crippen LogP contribution in [0, 0.1) is 0 Å². The summed E-state index contributed by atoms with van der Waals surface area (Å²) in [5.74, 6) is -2.18. The molecule has 2 N–H and O–H groups in total. The molecule has 0 rings (SSSR count). The third-order valence-electron chi connectivity index (χ3n) is 2.45. The first-order chi connectivity index (χ1) is 8.26. The summed E-state index contributed by atoms with van der Waals surface area (Å²) < 4.78 is 22.3. The van der Waals surface area contributed by atoms with Gasteiger partial charge in [0, 0.05) is 10.5 Å². The summed E-state index contributed by atoms with van der Waals surface area (Å²) in [4.78, 5) is 22.8. The van der Waals surface area contributed by atoms with Crippen molar-refractivity contribution in [1.29, 1.82) is 0 Å². The van der Waals surface area contributed by atoms with E-state index in [4.69, 9.17) is 9.22 Å². The van der Waals surface area contributed by atoms with Crippen LogP contribution in [0.5, 0.6) is 0 Å². The number of carboxylic acids is 1. The van der Waals surface area contributed by atoms with Crippen LogP contribution in [-0.2, 0) is 9.59 Å². The van der Waals surface area contributed by atoms with Gasteiger partial charge in [-0.15, -0.1) is 0 Å². The lowest BCUT2D eigenvalue weighted by molar-refractivity contribution is -0.900. The minimum atomic E-state index is -2.66. The van der Waals surface area contributed by atoms with Crippen LogP contribution in [0.25, 0.3) is 0 Å². The summed E-state index contributed by atoms with van der Waals surface area (Å²) in [6.45, 7) is -1.20. The lowest BCUT2D eigenvalue weighted by atomic mass is 9.84. The summed E-state index contributed by atoms with van der Waals surface area (Å²) in [5, 5.41) is 19.3. The van der Waals surface area contributed by atoms with Gasteiger partial charge in [-0.05, 0) is 6.85 Å². The van der Waals surface area contributed by atoms with Crippen molar-refractivity contribution in [2.45, 2.75) is 38.3 Å². The molecule has 2 atom stereocenters. The Labute approximate surface area is 100 Å². The minimum absolute atomic E-state index is 0.129. The standard InChI is InChI=1S/C11H21NO4/c1-6-9(13)11(16,7-10(14)15)8(2)12(3,4)5/h8,16H,6-7H2,1-5H3/p+1/i2D3. The van der Waals surface area contributed by atoms with Crippen LogP contribution in [0.1, 0.15) is 30.7 Å². The number of likely N-dealkylation sites (N-methyl/N-ethyl adjacent to an activating group) is 1. The second kappa shape index (κ2) is 4.93. The molecule has 5 heteroatoms. The topological polar surface area (TPSA) is 74.6 Å². The van der Waals surface area contributed by atoms with Crippen LogP contribution in [0.15, 0.2) is 0 Å². The molecule has 0 saturated carbocycles. The number of carbonyl (C=O) groups is 2. The highest BCUT2D eigenvalue weighted by molar-refractivity contribution is 5.91. The van der Waals surface area contributed by atoms with E-state index in [1.807, 2.05) is 0 Å². The summed E-state index contributed by atoms with van der Waals surface area (Å²) in [6, 6.07) is -1.51. The van der Waals surface area contributed by atoms with Gasteiger partial charge in [0.05, 0.1) is 27.6 Å². The normalized spacial score (nSPS) is 21.2. The molecule has 0 aromatic heterocycles. The number of carboxylic acid groups (broad SMARTS) is 1. The Balaban J connectivity index is 5.91. The molecule has 94 valence electrons. The minimum Gasteiger partial charge on any atom is -0.481 e. The highest BCUT2D eigenvalue weighted by Gasteiger charge is 2.48. The predicted octanol–water partition coefficient (Wildman–Crippen LogP) is 0.266. The van der Waals surface area contributed by atoms with Crippen LogP contribution in [0.4, 0.5) is 0 Å². The van der Waals surface area contributed by atoms with E-state index in [-0.39, 0.29) is 10.9 Å². The van der Waals surface area contributed by atoms with Gasteiger partial charge in [-0.2, -0.15) is 0 Å². The molecule has 0 heterocycles. The highest BCUT2D eigenvalue weighted by atomic mass is 16.4. The largest absolute Gasteiger partial charge is 0.481 e. The number of ketones is 1. The third kappa shape index (κ3) is 3.28. The quantitative estimate of drug-likeness (QED) is 0.648. The summed E-state index contributed by atoms with van der Waals surface area (Å²) in [5.41, 5.74) is -2.41. The maximum Gasteiger partial charge on any atom is 0.307 e. The van der Waals surface area contributed by atoms with Gasteiger partial charge in [-0.3, -0.25) is 9.59 Å². The van der Waals surface area contributed by atoms with E-state index in [2.05, 4.69) is 0 Å². The first-order valence-corrected chi connectivity index (χ1v) is 5.05. The van der Waals surface area contributed by atoms with Gasteiger partial charge in [0.15, 0.2) is 11.4 Å². The van der Waals surface area contributed by atoms with Crippen LogP contribution in [0.2, 0.25) is 0 Å². The van der Waals surface area contributed by atoms with Gasteiger partial charge in [0.25, 0.3) is 0 Å². The lowest BCUT2D eigenvalue weighted by Crippen LogP contribution is -2.61. The first-order valence-electron chi connectivity index (χ1n) is 6.55. The zero-order chi connectivity index (χ0) is 15.6.